The number of aliphatic imine (C=N–C) groups is 2. The summed E-state index contributed by atoms with van der Waals surface area (Å²) in [6, 6.07) is 15.4. The molecule has 0 saturated heterocycles. The summed E-state index contributed by atoms with van der Waals surface area (Å²) in [6.07, 6.45) is 0. The van der Waals surface area contributed by atoms with Crippen LogP contribution in [0.5, 0.6) is 0 Å². The highest BCUT2D eigenvalue weighted by Gasteiger charge is 1.98. The number of hydrogen-bond donors (Lipinski definition) is 0. The van der Waals surface area contributed by atoms with Crippen LogP contribution in [-0.4, -0.2) is 24.5 Å². The molecule has 0 fully saturated rings. The summed E-state index contributed by atoms with van der Waals surface area (Å²) in [5.41, 5.74) is 4.16. The van der Waals surface area contributed by atoms with Crippen molar-refractivity contribution in [1.29, 1.82) is 0 Å². The van der Waals surface area contributed by atoms with Crippen LogP contribution in [-0.2, 0) is 0 Å². The van der Waals surface area contributed by atoms with E-state index in [1.54, 1.807) is 0 Å². The van der Waals surface area contributed by atoms with E-state index in [0.717, 1.165) is 32.6 Å². The molecular weight excluding hydrogens is 315 g/mol. The fourth-order valence-corrected chi connectivity index (χ4v) is 2.25. The maximum Gasteiger partial charge on any atom is 0.0588 e. The first-order valence-electron chi connectivity index (χ1n) is 7.10. The fraction of sp³-hybridized carbons (Fsp3) is 0.222. The van der Waals surface area contributed by atoms with E-state index < -0.39 is 0 Å². The Labute approximate surface area is 141 Å². The van der Waals surface area contributed by atoms with Crippen molar-refractivity contribution < 1.29 is 0 Å². The molecule has 4 heteroatoms. The van der Waals surface area contributed by atoms with E-state index in [1.807, 2.05) is 62.4 Å². The first-order chi connectivity index (χ1) is 10.6. The van der Waals surface area contributed by atoms with Crippen LogP contribution in [0.2, 0.25) is 10.0 Å². The van der Waals surface area contributed by atoms with E-state index in [-0.39, 0.29) is 0 Å². The van der Waals surface area contributed by atoms with Crippen LogP contribution in [0.25, 0.3) is 0 Å². The van der Waals surface area contributed by atoms with Gasteiger partial charge >= 0.3 is 0 Å². The van der Waals surface area contributed by atoms with Gasteiger partial charge in [0.2, 0.25) is 0 Å². The highest BCUT2D eigenvalue weighted by molar-refractivity contribution is 6.31. The van der Waals surface area contributed by atoms with E-state index >= 15 is 0 Å². The zero-order valence-corrected chi connectivity index (χ0v) is 14.2. The Morgan fingerprint density at radius 2 is 1.00 bits per heavy atom. The lowest BCUT2D eigenvalue weighted by Gasteiger charge is -2.02. The van der Waals surface area contributed by atoms with Crippen LogP contribution in [0.3, 0.4) is 0 Å². The zero-order chi connectivity index (χ0) is 15.9. The number of hydrogen-bond acceptors (Lipinski definition) is 2. The van der Waals surface area contributed by atoms with Crippen molar-refractivity contribution in [3.8, 4) is 0 Å². The molecule has 2 aromatic carbocycles. The van der Waals surface area contributed by atoms with E-state index in [2.05, 4.69) is 9.98 Å². The van der Waals surface area contributed by atoms with Gasteiger partial charge in [-0.3, -0.25) is 9.98 Å². The highest BCUT2D eigenvalue weighted by Crippen LogP contribution is 2.11. The Morgan fingerprint density at radius 3 is 1.32 bits per heavy atom. The Balaban J connectivity index is 1.92. The highest BCUT2D eigenvalue weighted by atomic mass is 35.5. The summed E-state index contributed by atoms with van der Waals surface area (Å²) in [6.45, 7) is 5.33. The second-order valence-corrected chi connectivity index (χ2v) is 5.82. The molecule has 0 bridgehead atoms. The lowest BCUT2D eigenvalue weighted by Crippen LogP contribution is -2.01. The van der Waals surface area contributed by atoms with Gasteiger partial charge in [-0.05, 0) is 49.2 Å². The molecule has 0 aliphatic carbocycles. The van der Waals surface area contributed by atoms with Gasteiger partial charge in [0.25, 0.3) is 0 Å². The van der Waals surface area contributed by atoms with E-state index in [4.69, 9.17) is 23.2 Å². The Bertz CT molecular complexity index is 610. The average molecular weight is 333 g/mol. The average Bonchev–Trinajstić information content (AvgIpc) is 2.52. The van der Waals surface area contributed by atoms with Crippen LogP contribution < -0.4 is 0 Å². The van der Waals surface area contributed by atoms with Gasteiger partial charge in [0.15, 0.2) is 0 Å². The summed E-state index contributed by atoms with van der Waals surface area (Å²) in [4.78, 5) is 9.10. The second-order valence-electron chi connectivity index (χ2n) is 4.95. The van der Waals surface area contributed by atoms with Gasteiger partial charge in [-0.2, -0.15) is 0 Å². The van der Waals surface area contributed by atoms with Crippen molar-refractivity contribution >= 4 is 34.6 Å². The van der Waals surface area contributed by atoms with Crippen molar-refractivity contribution in [2.24, 2.45) is 9.98 Å². The van der Waals surface area contributed by atoms with Gasteiger partial charge < -0.3 is 0 Å². The van der Waals surface area contributed by atoms with Gasteiger partial charge in [0.1, 0.15) is 0 Å². The molecule has 0 aromatic heterocycles. The van der Waals surface area contributed by atoms with Gasteiger partial charge in [-0.15, -0.1) is 0 Å². The molecule has 2 rings (SSSR count). The zero-order valence-electron chi connectivity index (χ0n) is 12.7. The maximum absolute atomic E-state index is 5.88. The molecule has 0 N–H and O–H groups in total. The SMILES string of the molecule is CC(=NCCN=C(C)c1ccc(Cl)cc1)c1ccc(Cl)cc1. The first-order valence-corrected chi connectivity index (χ1v) is 7.86. The topological polar surface area (TPSA) is 24.7 Å². The molecule has 0 heterocycles. The van der Waals surface area contributed by atoms with Gasteiger partial charge in [0, 0.05) is 21.5 Å². The number of halogens is 2. The third-order valence-electron chi connectivity index (χ3n) is 3.32. The van der Waals surface area contributed by atoms with Crippen molar-refractivity contribution in [2.75, 3.05) is 13.1 Å². The van der Waals surface area contributed by atoms with Crippen molar-refractivity contribution in [3.63, 3.8) is 0 Å². The monoisotopic (exact) mass is 332 g/mol. The Kier molecular flexibility index (Phi) is 6.17. The van der Waals surface area contributed by atoms with Crippen molar-refractivity contribution in [1.82, 2.24) is 0 Å². The molecule has 0 aliphatic heterocycles. The van der Waals surface area contributed by atoms with E-state index in [9.17, 15) is 0 Å². The largest absolute Gasteiger partial charge is 0.288 e. The predicted octanol–water partition coefficient (Wildman–Crippen LogP) is 5.31. The predicted molar refractivity (Wildman–Crippen MR) is 97.1 cm³/mol. The summed E-state index contributed by atoms with van der Waals surface area (Å²) in [5, 5.41) is 1.47. The minimum atomic E-state index is 0.666. The molecule has 0 spiro atoms. The molecule has 114 valence electrons. The first kappa shape index (κ1) is 16.7. The van der Waals surface area contributed by atoms with Crippen LogP contribution in [0.4, 0.5) is 0 Å². The number of rotatable bonds is 5. The van der Waals surface area contributed by atoms with Gasteiger partial charge in [-0.25, -0.2) is 0 Å². The van der Waals surface area contributed by atoms with Crippen LogP contribution in [0.1, 0.15) is 25.0 Å². The normalized spacial score (nSPS) is 12.5. The van der Waals surface area contributed by atoms with Gasteiger partial charge in [-0.1, -0.05) is 47.5 Å². The summed E-state index contributed by atoms with van der Waals surface area (Å²) in [7, 11) is 0. The number of benzene rings is 2. The van der Waals surface area contributed by atoms with Crippen LogP contribution >= 0.6 is 23.2 Å². The third kappa shape index (κ3) is 4.97. The van der Waals surface area contributed by atoms with E-state index in [1.165, 1.54) is 0 Å². The standard InChI is InChI=1S/C18H18Cl2N2/c1-13(15-3-7-17(19)8-4-15)21-11-12-22-14(2)16-5-9-18(20)10-6-16/h3-10H,11-12H2,1-2H3. The molecule has 0 radical (unpaired) electrons. The van der Waals surface area contributed by atoms with Crippen LogP contribution in [0, 0.1) is 0 Å². The maximum atomic E-state index is 5.88. The lowest BCUT2D eigenvalue weighted by molar-refractivity contribution is 0.973. The summed E-state index contributed by atoms with van der Waals surface area (Å²) >= 11 is 11.8. The summed E-state index contributed by atoms with van der Waals surface area (Å²) in [5.74, 6) is 0. The molecule has 22 heavy (non-hydrogen) atoms. The van der Waals surface area contributed by atoms with Crippen molar-refractivity contribution in [2.45, 2.75) is 13.8 Å². The molecule has 2 aromatic rings. The molecule has 2 nitrogen and oxygen atoms in total. The molecule has 0 unspecified atom stereocenters. The Morgan fingerprint density at radius 1 is 0.682 bits per heavy atom. The number of nitrogens with zero attached hydrogens (tertiary/aromatic N) is 2. The second kappa shape index (κ2) is 8.11. The molecule has 0 aliphatic rings. The van der Waals surface area contributed by atoms with E-state index in [0.29, 0.717) is 13.1 Å². The quantitative estimate of drug-likeness (QED) is 0.523. The van der Waals surface area contributed by atoms with Crippen molar-refractivity contribution in [3.05, 3.63) is 69.7 Å². The minimum Gasteiger partial charge on any atom is -0.288 e. The summed E-state index contributed by atoms with van der Waals surface area (Å²) < 4.78 is 0. The van der Waals surface area contributed by atoms with Gasteiger partial charge in [0.05, 0.1) is 13.1 Å². The fourth-order valence-electron chi connectivity index (χ4n) is 2.00. The molecule has 0 atom stereocenters. The Hall–Kier alpha value is -1.64. The smallest absolute Gasteiger partial charge is 0.0588 e. The molecule has 0 amide bonds. The van der Waals surface area contributed by atoms with Crippen LogP contribution in [0.15, 0.2) is 58.5 Å². The third-order valence-corrected chi connectivity index (χ3v) is 3.83. The lowest BCUT2D eigenvalue weighted by atomic mass is 10.1. The molecular formula is C18H18Cl2N2. The minimum absolute atomic E-state index is 0.666. The molecule has 0 saturated carbocycles.